The number of rotatable bonds is 5. The molecule has 0 atom stereocenters. The molecule has 25 heavy (non-hydrogen) atoms. The highest BCUT2D eigenvalue weighted by molar-refractivity contribution is 6.03. The maximum atomic E-state index is 9.34. The van der Waals surface area contributed by atoms with Gasteiger partial charge in [-0.05, 0) is 37.1 Å². The molecule has 0 saturated carbocycles. The Morgan fingerprint density at radius 2 is 2.00 bits per heavy atom. The van der Waals surface area contributed by atoms with Crippen molar-refractivity contribution >= 4 is 22.9 Å². The Hall–Kier alpha value is -3.06. The lowest BCUT2D eigenvalue weighted by Crippen LogP contribution is -1.99. The van der Waals surface area contributed by atoms with Crippen LogP contribution in [0.3, 0.4) is 0 Å². The number of hydrogen-bond donors (Lipinski definition) is 0. The number of nitrogens with zero attached hydrogens (tertiary/aromatic N) is 2. The predicted octanol–water partition coefficient (Wildman–Crippen LogP) is 5.46. The van der Waals surface area contributed by atoms with E-state index in [1.165, 1.54) is 0 Å². The molecule has 3 rings (SSSR count). The van der Waals surface area contributed by atoms with E-state index in [9.17, 15) is 5.26 Å². The molecule has 0 radical (unpaired) electrons. The Bertz CT molecular complexity index is 977. The van der Waals surface area contributed by atoms with Crippen molar-refractivity contribution < 1.29 is 9.15 Å². The third kappa shape index (κ3) is 3.27. The van der Waals surface area contributed by atoms with Gasteiger partial charge in [0.2, 0.25) is 5.88 Å². The maximum absolute atomic E-state index is 9.34. The summed E-state index contributed by atoms with van der Waals surface area (Å²) in [5.74, 6) is 1.83. The van der Waals surface area contributed by atoms with Crippen molar-refractivity contribution in [3.8, 4) is 11.8 Å². The molecular formula is C21H20N2O2. The van der Waals surface area contributed by atoms with Crippen LogP contribution < -0.4 is 4.74 Å². The molecule has 0 aliphatic rings. The van der Waals surface area contributed by atoms with Crippen LogP contribution in [-0.2, 0) is 0 Å². The quantitative estimate of drug-likeness (QED) is 0.583. The summed E-state index contributed by atoms with van der Waals surface area (Å²) < 4.78 is 11.5. The first-order valence-corrected chi connectivity index (χ1v) is 8.34. The highest BCUT2D eigenvalue weighted by Crippen LogP contribution is 2.30. The minimum absolute atomic E-state index is 0.340. The molecule has 126 valence electrons. The number of aryl methyl sites for hydroxylation is 1. The summed E-state index contributed by atoms with van der Waals surface area (Å²) in [5, 5.41) is 11.5. The van der Waals surface area contributed by atoms with E-state index in [0.717, 1.165) is 34.1 Å². The Morgan fingerprint density at radius 1 is 1.20 bits per heavy atom. The van der Waals surface area contributed by atoms with Crippen molar-refractivity contribution in [2.24, 2.45) is 4.99 Å². The van der Waals surface area contributed by atoms with Gasteiger partial charge in [-0.3, -0.25) is 0 Å². The zero-order chi connectivity index (χ0) is 17.8. The van der Waals surface area contributed by atoms with Crippen molar-refractivity contribution in [3.05, 3.63) is 58.8 Å². The second-order valence-corrected chi connectivity index (χ2v) is 5.88. The van der Waals surface area contributed by atoms with Gasteiger partial charge in [0.1, 0.15) is 23.1 Å². The molecule has 0 fully saturated rings. The van der Waals surface area contributed by atoms with Crippen LogP contribution in [0.15, 0.2) is 45.8 Å². The van der Waals surface area contributed by atoms with Crippen molar-refractivity contribution in [1.29, 1.82) is 5.26 Å². The van der Waals surface area contributed by atoms with E-state index < -0.39 is 0 Å². The zero-order valence-corrected chi connectivity index (χ0v) is 14.7. The van der Waals surface area contributed by atoms with Crippen LogP contribution in [0.1, 0.15) is 35.8 Å². The molecule has 1 heterocycles. The Labute approximate surface area is 147 Å². The number of fused-ring (bicyclic) bond motifs is 1. The summed E-state index contributed by atoms with van der Waals surface area (Å²) >= 11 is 0. The van der Waals surface area contributed by atoms with Gasteiger partial charge >= 0.3 is 0 Å². The van der Waals surface area contributed by atoms with Crippen molar-refractivity contribution in [2.45, 2.75) is 27.2 Å². The Morgan fingerprint density at radius 3 is 2.76 bits per heavy atom. The molecule has 3 aromatic rings. The van der Waals surface area contributed by atoms with Gasteiger partial charge in [0.15, 0.2) is 0 Å². The maximum Gasteiger partial charge on any atom is 0.237 e. The summed E-state index contributed by atoms with van der Waals surface area (Å²) in [5.41, 5.74) is 2.20. The third-order valence-corrected chi connectivity index (χ3v) is 4.18. The molecule has 0 saturated heterocycles. The van der Waals surface area contributed by atoms with Crippen LogP contribution in [0, 0.1) is 25.2 Å². The van der Waals surface area contributed by atoms with Crippen LogP contribution in [0.25, 0.3) is 10.8 Å². The van der Waals surface area contributed by atoms with Crippen LogP contribution >= 0.6 is 0 Å². The molecule has 0 aliphatic carbocycles. The molecule has 1 aromatic heterocycles. The second kappa shape index (κ2) is 7.23. The van der Waals surface area contributed by atoms with E-state index in [2.05, 4.69) is 24.1 Å². The van der Waals surface area contributed by atoms with Gasteiger partial charge in [-0.2, -0.15) is 5.26 Å². The number of nitriles is 1. The lowest BCUT2D eigenvalue weighted by Gasteiger charge is -2.10. The number of hydrogen-bond acceptors (Lipinski definition) is 4. The van der Waals surface area contributed by atoms with E-state index >= 15 is 0 Å². The van der Waals surface area contributed by atoms with Gasteiger partial charge in [0.25, 0.3) is 0 Å². The minimum Gasteiger partial charge on any atom is -0.493 e. The minimum atomic E-state index is 0.340. The molecule has 4 heteroatoms. The van der Waals surface area contributed by atoms with Crippen LogP contribution in [0.5, 0.6) is 5.75 Å². The summed E-state index contributed by atoms with van der Waals surface area (Å²) in [6.45, 7) is 6.41. The summed E-state index contributed by atoms with van der Waals surface area (Å²) in [4.78, 5) is 4.45. The predicted molar refractivity (Wildman–Crippen MR) is 99.9 cm³/mol. The number of aliphatic imine (C=N–C) groups is 1. The van der Waals surface area contributed by atoms with E-state index in [-0.39, 0.29) is 0 Å². The first-order chi connectivity index (χ1) is 12.2. The Kier molecular flexibility index (Phi) is 4.85. The van der Waals surface area contributed by atoms with Crippen molar-refractivity contribution in [1.82, 2.24) is 0 Å². The lowest BCUT2D eigenvalue weighted by atomic mass is 10.0. The van der Waals surface area contributed by atoms with Crippen LogP contribution in [0.4, 0.5) is 5.88 Å². The third-order valence-electron chi connectivity index (χ3n) is 4.18. The first kappa shape index (κ1) is 16.8. The van der Waals surface area contributed by atoms with Crippen LogP contribution in [0.2, 0.25) is 0 Å². The van der Waals surface area contributed by atoms with Gasteiger partial charge in [0.05, 0.1) is 6.61 Å². The fourth-order valence-electron chi connectivity index (χ4n) is 2.70. The topological polar surface area (TPSA) is 58.5 Å². The molecular weight excluding hydrogens is 312 g/mol. The van der Waals surface area contributed by atoms with E-state index in [1.54, 1.807) is 6.21 Å². The van der Waals surface area contributed by atoms with E-state index in [0.29, 0.717) is 23.8 Å². The molecule has 2 aromatic carbocycles. The lowest BCUT2D eigenvalue weighted by molar-refractivity contribution is 0.317. The van der Waals surface area contributed by atoms with Crippen molar-refractivity contribution in [3.63, 3.8) is 0 Å². The number of ether oxygens (including phenoxy) is 1. The molecule has 4 nitrogen and oxygen atoms in total. The molecule has 0 unspecified atom stereocenters. The smallest absolute Gasteiger partial charge is 0.237 e. The van der Waals surface area contributed by atoms with Gasteiger partial charge in [-0.15, -0.1) is 0 Å². The van der Waals surface area contributed by atoms with Crippen molar-refractivity contribution in [2.75, 3.05) is 6.61 Å². The zero-order valence-electron chi connectivity index (χ0n) is 14.7. The second-order valence-electron chi connectivity index (χ2n) is 5.88. The standard InChI is InChI=1S/C21H20N2O2/c1-4-11-24-20-10-9-16-7-5-6-8-17(16)19(20)13-23-21-18(12-22)14(2)15(3)25-21/h5-10,13H,4,11H2,1-3H3. The molecule has 0 amide bonds. The molecule has 0 aliphatic heterocycles. The number of benzene rings is 2. The Balaban J connectivity index is 2.11. The highest BCUT2D eigenvalue weighted by Gasteiger charge is 2.14. The van der Waals surface area contributed by atoms with Crippen LogP contribution in [-0.4, -0.2) is 12.8 Å². The largest absolute Gasteiger partial charge is 0.493 e. The average Bonchev–Trinajstić information content (AvgIpc) is 2.91. The normalized spacial score (nSPS) is 11.1. The molecule has 0 N–H and O–H groups in total. The monoisotopic (exact) mass is 332 g/mol. The summed E-state index contributed by atoms with van der Waals surface area (Å²) in [6, 6.07) is 14.3. The summed E-state index contributed by atoms with van der Waals surface area (Å²) in [6.07, 6.45) is 2.66. The SMILES string of the molecule is CCCOc1ccc2ccccc2c1C=Nc1oc(C)c(C)c1C#N. The fourth-order valence-corrected chi connectivity index (χ4v) is 2.70. The van der Waals surface area contributed by atoms with Gasteiger partial charge in [-0.1, -0.05) is 37.3 Å². The summed E-state index contributed by atoms with van der Waals surface area (Å²) in [7, 11) is 0. The van der Waals surface area contributed by atoms with Gasteiger partial charge in [0, 0.05) is 17.3 Å². The highest BCUT2D eigenvalue weighted by atomic mass is 16.5. The first-order valence-electron chi connectivity index (χ1n) is 8.34. The molecule has 0 bridgehead atoms. The fraction of sp³-hybridized carbons (Fsp3) is 0.238. The average molecular weight is 332 g/mol. The number of furan rings is 1. The van der Waals surface area contributed by atoms with Gasteiger partial charge < -0.3 is 9.15 Å². The van der Waals surface area contributed by atoms with E-state index in [4.69, 9.17) is 9.15 Å². The molecule has 0 spiro atoms. The van der Waals surface area contributed by atoms with E-state index in [1.807, 2.05) is 44.2 Å². The van der Waals surface area contributed by atoms with Gasteiger partial charge in [-0.25, -0.2) is 4.99 Å².